The minimum Gasteiger partial charge on any atom is -0.481 e. The Hall–Kier alpha value is -0.610. The van der Waals surface area contributed by atoms with Gasteiger partial charge in [0.25, 0.3) is 0 Å². The van der Waals surface area contributed by atoms with Gasteiger partial charge in [0.05, 0.1) is 5.92 Å². The molecule has 0 amide bonds. The molecule has 1 aliphatic rings. The molecule has 0 aliphatic carbocycles. The van der Waals surface area contributed by atoms with Crippen molar-refractivity contribution in [3.05, 3.63) is 0 Å². The standard InChI is InChI=1S/C11H21NO3/c1-10(2)6-5-8(9(13)14)7-11(3,4)12(10)15/h8,15H,5-7H2,1-4H3,(H,13,14). The van der Waals surface area contributed by atoms with E-state index in [0.717, 1.165) is 0 Å². The number of carboxylic acid groups (broad SMARTS) is 1. The average molecular weight is 215 g/mol. The van der Waals surface area contributed by atoms with Crippen molar-refractivity contribution in [2.24, 2.45) is 5.92 Å². The van der Waals surface area contributed by atoms with E-state index in [9.17, 15) is 10.0 Å². The van der Waals surface area contributed by atoms with E-state index in [1.807, 2.05) is 27.7 Å². The number of nitrogens with zero attached hydrogens (tertiary/aromatic N) is 1. The fourth-order valence-corrected chi connectivity index (χ4v) is 2.46. The highest BCUT2D eigenvalue weighted by Gasteiger charge is 2.43. The smallest absolute Gasteiger partial charge is 0.306 e. The van der Waals surface area contributed by atoms with Gasteiger partial charge in [-0.3, -0.25) is 4.79 Å². The van der Waals surface area contributed by atoms with E-state index in [0.29, 0.717) is 19.3 Å². The van der Waals surface area contributed by atoms with Crippen LogP contribution in [-0.4, -0.2) is 32.4 Å². The zero-order valence-corrected chi connectivity index (χ0v) is 9.95. The Kier molecular flexibility index (Phi) is 3.12. The molecule has 0 aromatic carbocycles. The maximum atomic E-state index is 11.0. The first-order valence-electron chi connectivity index (χ1n) is 5.39. The molecule has 88 valence electrons. The van der Waals surface area contributed by atoms with Gasteiger partial charge in [-0.1, -0.05) is 0 Å². The van der Waals surface area contributed by atoms with E-state index < -0.39 is 11.5 Å². The van der Waals surface area contributed by atoms with E-state index in [2.05, 4.69) is 0 Å². The first-order valence-corrected chi connectivity index (χ1v) is 5.39. The highest BCUT2D eigenvalue weighted by Crippen LogP contribution is 2.37. The van der Waals surface area contributed by atoms with Crippen LogP contribution in [0.5, 0.6) is 0 Å². The van der Waals surface area contributed by atoms with Crippen molar-refractivity contribution < 1.29 is 15.1 Å². The molecule has 15 heavy (non-hydrogen) atoms. The molecule has 1 atom stereocenters. The van der Waals surface area contributed by atoms with Gasteiger partial charge in [0.2, 0.25) is 0 Å². The quantitative estimate of drug-likeness (QED) is 0.703. The van der Waals surface area contributed by atoms with Crippen LogP contribution in [-0.2, 0) is 4.79 Å². The predicted octanol–water partition coefficient (Wildman–Crippen LogP) is 2.12. The van der Waals surface area contributed by atoms with Crippen LogP contribution in [0.25, 0.3) is 0 Å². The maximum absolute atomic E-state index is 11.0. The lowest BCUT2D eigenvalue weighted by Crippen LogP contribution is -2.52. The molecule has 0 aromatic rings. The number of carbonyl (C=O) groups is 1. The van der Waals surface area contributed by atoms with E-state index in [-0.39, 0.29) is 11.5 Å². The molecule has 4 heteroatoms. The zero-order valence-electron chi connectivity index (χ0n) is 9.95. The van der Waals surface area contributed by atoms with Crippen molar-refractivity contribution in [2.75, 3.05) is 0 Å². The number of rotatable bonds is 1. The molecule has 1 aliphatic heterocycles. The Morgan fingerprint density at radius 1 is 1.27 bits per heavy atom. The summed E-state index contributed by atoms with van der Waals surface area (Å²) in [6.07, 6.45) is 1.81. The minimum absolute atomic E-state index is 0.351. The summed E-state index contributed by atoms with van der Waals surface area (Å²) in [6.45, 7) is 7.66. The van der Waals surface area contributed by atoms with Crippen LogP contribution in [0.2, 0.25) is 0 Å². The molecule has 1 heterocycles. The van der Waals surface area contributed by atoms with Crippen LogP contribution in [0.1, 0.15) is 47.0 Å². The number of hydroxylamine groups is 2. The third-order valence-electron chi connectivity index (χ3n) is 3.35. The summed E-state index contributed by atoms with van der Waals surface area (Å²) in [7, 11) is 0. The molecule has 0 bridgehead atoms. The largest absolute Gasteiger partial charge is 0.481 e. The highest BCUT2D eigenvalue weighted by molar-refractivity contribution is 5.70. The average Bonchev–Trinajstić information content (AvgIpc) is 2.16. The van der Waals surface area contributed by atoms with Crippen LogP contribution in [0.4, 0.5) is 0 Å². The Bertz CT molecular complexity index is 261. The van der Waals surface area contributed by atoms with E-state index in [1.165, 1.54) is 5.06 Å². The van der Waals surface area contributed by atoms with Gasteiger partial charge in [0.1, 0.15) is 0 Å². The third-order valence-corrected chi connectivity index (χ3v) is 3.35. The second kappa shape index (κ2) is 3.76. The van der Waals surface area contributed by atoms with Crippen molar-refractivity contribution in [1.29, 1.82) is 0 Å². The van der Waals surface area contributed by atoms with Crippen molar-refractivity contribution in [2.45, 2.75) is 58.0 Å². The molecular formula is C11H21NO3. The Labute approximate surface area is 90.8 Å². The highest BCUT2D eigenvalue weighted by atomic mass is 16.5. The molecule has 0 radical (unpaired) electrons. The van der Waals surface area contributed by atoms with Crippen LogP contribution >= 0.6 is 0 Å². The molecule has 0 spiro atoms. The van der Waals surface area contributed by atoms with Gasteiger partial charge in [-0.2, -0.15) is 5.06 Å². The summed E-state index contributed by atoms with van der Waals surface area (Å²) >= 11 is 0. The second-order valence-corrected chi connectivity index (χ2v) is 5.71. The molecule has 0 aromatic heterocycles. The number of hydrogen-bond acceptors (Lipinski definition) is 3. The first kappa shape index (κ1) is 12.5. The van der Waals surface area contributed by atoms with Gasteiger partial charge in [0.15, 0.2) is 0 Å². The SMILES string of the molecule is CC1(C)CCC(C(=O)O)CC(C)(C)N1O. The monoisotopic (exact) mass is 215 g/mol. The van der Waals surface area contributed by atoms with Gasteiger partial charge in [0, 0.05) is 11.1 Å². The van der Waals surface area contributed by atoms with Crippen LogP contribution in [0.3, 0.4) is 0 Å². The fraction of sp³-hybridized carbons (Fsp3) is 0.909. The summed E-state index contributed by atoms with van der Waals surface area (Å²) in [4.78, 5) is 11.0. The summed E-state index contributed by atoms with van der Waals surface area (Å²) in [5, 5.41) is 20.5. The lowest BCUT2D eigenvalue weighted by Gasteiger charge is -2.42. The van der Waals surface area contributed by atoms with E-state index in [4.69, 9.17) is 5.11 Å². The maximum Gasteiger partial charge on any atom is 0.306 e. The van der Waals surface area contributed by atoms with Gasteiger partial charge >= 0.3 is 5.97 Å². The molecule has 1 unspecified atom stereocenters. The van der Waals surface area contributed by atoms with Gasteiger partial charge < -0.3 is 10.3 Å². The lowest BCUT2D eigenvalue weighted by atomic mass is 9.90. The van der Waals surface area contributed by atoms with Crippen LogP contribution in [0.15, 0.2) is 0 Å². The van der Waals surface area contributed by atoms with Gasteiger partial charge in [-0.05, 0) is 47.0 Å². The predicted molar refractivity (Wildman–Crippen MR) is 56.8 cm³/mol. The van der Waals surface area contributed by atoms with Gasteiger partial charge in [-0.25, -0.2) is 0 Å². The van der Waals surface area contributed by atoms with Crippen molar-refractivity contribution in [3.8, 4) is 0 Å². The first-order chi connectivity index (χ1) is 6.67. The van der Waals surface area contributed by atoms with E-state index in [1.54, 1.807) is 0 Å². The Morgan fingerprint density at radius 3 is 2.27 bits per heavy atom. The summed E-state index contributed by atoms with van der Waals surface area (Å²) in [6, 6.07) is 0. The molecule has 1 saturated heterocycles. The summed E-state index contributed by atoms with van der Waals surface area (Å²) in [5.74, 6) is -1.11. The zero-order chi connectivity index (χ0) is 11.9. The number of carboxylic acids is 1. The lowest BCUT2D eigenvalue weighted by molar-refractivity contribution is -0.222. The molecule has 0 saturated carbocycles. The van der Waals surface area contributed by atoms with Gasteiger partial charge in [-0.15, -0.1) is 0 Å². The van der Waals surface area contributed by atoms with Crippen molar-refractivity contribution in [1.82, 2.24) is 5.06 Å². The van der Waals surface area contributed by atoms with Crippen molar-refractivity contribution in [3.63, 3.8) is 0 Å². The van der Waals surface area contributed by atoms with E-state index >= 15 is 0 Å². The second-order valence-electron chi connectivity index (χ2n) is 5.71. The molecular weight excluding hydrogens is 194 g/mol. The van der Waals surface area contributed by atoms with Crippen LogP contribution < -0.4 is 0 Å². The van der Waals surface area contributed by atoms with Crippen molar-refractivity contribution >= 4 is 5.97 Å². The normalized spacial score (nSPS) is 30.9. The third kappa shape index (κ3) is 2.49. The minimum atomic E-state index is -0.755. The summed E-state index contributed by atoms with van der Waals surface area (Å²) in [5.41, 5.74) is -0.837. The molecule has 1 fully saturated rings. The molecule has 4 nitrogen and oxygen atoms in total. The Morgan fingerprint density at radius 2 is 1.80 bits per heavy atom. The fourth-order valence-electron chi connectivity index (χ4n) is 2.46. The molecule has 2 N–H and O–H groups in total. The topological polar surface area (TPSA) is 60.8 Å². The van der Waals surface area contributed by atoms with Crippen LogP contribution in [0, 0.1) is 5.92 Å². The number of aliphatic carboxylic acids is 1. The summed E-state index contributed by atoms with van der Waals surface area (Å²) < 4.78 is 0. The Balaban J connectivity index is 2.94. The molecule has 1 rings (SSSR count). The number of hydrogen-bond donors (Lipinski definition) is 2.